The van der Waals surface area contributed by atoms with Crippen LogP contribution in [-0.2, 0) is 9.59 Å². The molecule has 1 unspecified atom stereocenters. The third kappa shape index (κ3) is 7.44. The highest BCUT2D eigenvalue weighted by Gasteiger charge is 2.37. The second kappa shape index (κ2) is 13.6. The second-order valence-corrected chi connectivity index (χ2v) is 9.59. The van der Waals surface area contributed by atoms with E-state index in [1.807, 2.05) is 20.8 Å². The maximum Gasteiger partial charge on any atom is 0.245 e. The van der Waals surface area contributed by atoms with Gasteiger partial charge < -0.3 is 14.7 Å². The van der Waals surface area contributed by atoms with Gasteiger partial charge in [0.25, 0.3) is 0 Å². The van der Waals surface area contributed by atoms with E-state index in [2.05, 4.69) is 6.92 Å². The molecule has 0 aromatic heterocycles. The minimum Gasteiger partial charge on any atom is -0.366 e. The Hall–Kier alpha value is -2.11. The van der Waals surface area contributed by atoms with Gasteiger partial charge in [-0.2, -0.15) is 0 Å². The van der Waals surface area contributed by atoms with E-state index in [4.69, 9.17) is 0 Å². The van der Waals surface area contributed by atoms with E-state index in [0.29, 0.717) is 44.8 Å². The number of anilines is 1. The first-order valence-electron chi connectivity index (χ1n) is 13.2. The van der Waals surface area contributed by atoms with Gasteiger partial charge in [0.1, 0.15) is 11.9 Å². The van der Waals surface area contributed by atoms with Crippen LogP contribution < -0.4 is 4.90 Å². The number of amides is 2. The molecule has 6 heteroatoms. The zero-order valence-corrected chi connectivity index (χ0v) is 20.4. The van der Waals surface area contributed by atoms with Crippen LogP contribution in [0, 0.1) is 5.82 Å². The quantitative estimate of drug-likeness (QED) is 0.394. The second-order valence-electron chi connectivity index (χ2n) is 9.59. The molecule has 0 radical (unpaired) electrons. The number of likely N-dealkylation sites (tertiary alicyclic amines) is 1. The number of carbonyl (C=O) groups is 2. The third-order valence-corrected chi connectivity index (χ3v) is 7.14. The lowest BCUT2D eigenvalue weighted by molar-refractivity contribution is -0.144. The molecule has 2 aliphatic heterocycles. The minimum atomic E-state index is -0.309. The largest absolute Gasteiger partial charge is 0.366 e. The predicted octanol–water partition coefficient (Wildman–Crippen LogP) is 5.39. The van der Waals surface area contributed by atoms with Gasteiger partial charge >= 0.3 is 0 Å². The molecule has 2 aliphatic rings. The first-order chi connectivity index (χ1) is 16.1. The Morgan fingerprint density at radius 3 is 2.18 bits per heavy atom. The Bertz CT molecular complexity index is 749. The molecule has 1 aromatic rings. The Morgan fingerprint density at radius 2 is 1.52 bits per heavy atom. The van der Waals surface area contributed by atoms with E-state index in [-0.39, 0.29) is 23.7 Å². The van der Waals surface area contributed by atoms with Gasteiger partial charge in [-0.1, -0.05) is 70.4 Å². The van der Waals surface area contributed by atoms with Crippen molar-refractivity contribution in [2.45, 2.75) is 90.0 Å². The third-order valence-electron chi connectivity index (χ3n) is 7.14. The van der Waals surface area contributed by atoms with Gasteiger partial charge in [-0.3, -0.25) is 9.59 Å². The lowest BCUT2D eigenvalue weighted by atomic mass is 10.1. The monoisotopic (exact) mass is 459 g/mol. The standard InChI is InChI=1S/C27H42FN3O2/c1-2-3-4-5-6-7-8-9-10-17-26(32)31-18-13-16-25(31)27(33)30-21-19-29(20-22-30)24-15-12-11-14-23(24)28/h11-12,14-15,25H,2-10,13,16-22H2,1H3. The van der Waals surface area contributed by atoms with Gasteiger partial charge in [-0.15, -0.1) is 0 Å². The summed E-state index contributed by atoms with van der Waals surface area (Å²) in [5.41, 5.74) is 0.600. The van der Waals surface area contributed by atoms with Crippen LogP contribution in [0.25, 0.3) is 0 Å². The highest BCUT2D eigenvalue weighted by molar-refractivity contribution is 5.88. The summed E-state index contributed by atoms with van der Waals surface area (Å²) >= 11 is 0. The van der Waals surface area contributed by atoms with E-state index in [0.717, 1.165) is 25.7 Å². The maximum atomic E-state index is 14.1. The number of rotatable bonds is 12. The van der Waals surface area contributed by atoms with Crippen molar-refractivity contribution in [2.24, 2.45) is 0 Å². The highest BCUT2D eigenvalue weighted by atomic mass is 19.1. The first kappa shape index (κ1) is 25.5. The van der Waals surface area contributed by atoms with Crippen molar-refractivity contribution < 1.29 is 14.0 Å². The van der Waals surface area contributed by atoms with Gasteiger partial charge in [0.15, 0.2) is 0 Å². The molecule has 5 nitrogen and oxygen atoms in total. The highest BCUT2D eigenvalue weighted by Crippen LogP contribution is 2.24. The van der Waals surface area contributed by atoms with Crippen molar-refractivity contribution >= 4 is 17.5 Å². The van der Waals surface area contributed by atoms with Crippen LogP contribution in [0.1, 0.15) is 84.0 Å². The van der Waals surface area contributed by atoms with Crippen LogP contribution in [-0.4, -0.2) is 60.4 Å². The van der Waals surface area contributed by atoms with Gasteiger partial charge in [0, 0.05) is 39.1 Å². The number of unbranched alkanes of at least 4 members (excludes halogenated alkanes) is 8. The van der Waals surface area contributed by atoms with Gasteiger partial charge in [-0.25, -0.2) is 4.39 Å². The molecule has 0 aliphatic carbocycles. The number of piperazine rings is 1. The van der Waals surface area contributed by atoms with Crippen LogP contribution in [0.15, 0.2) is 24.3 Å². The van der Waals surface area contributed by atoms with Crippen molar-refractivity contribution in [3.63, 3.8) is 0 Å². The molecule has 184 valence electrons. The number of benzene rings is 1. The Labute approximate surface area is 199 Å². The summed E-state index contributed by atoms with van der Waals surface area (Å²) in [5.74, 6) is -0.0127. The summed E-state index contributed by atoms with van der Waals surface area (Å²) in [6.45, 7) is 5.32. The molecule has 3 rings (SSSR count). The van der Waals surface area contributed by atoms with E-state index >= 15 is 0 Å². The number of nitrogens with zero attached hydrogens (tertiary/aromatic N) is 3. The fourth-order valence-electron chi connectivity index (χ4n) is 5.14. The molecule has 1 aromatic carbocycles. The number of para-hydroxylation sites is 1. The smallest absolute Gasteiger partial charge is 0.245 e. The molecular weight excluding hydrogens is 417 g/mol. The number of hydrogen-bond donors (Lipinski definition) is 0. The van der Waals surface area contributed by atoms with Crippen LogP contribution in [0.3, 0.4) is 0 Å². The molecule has 0 spiro atoms. The average Bonchev–Trinajstić information content (AvgIpc) is 3.33. The molecule has 33 heavy (non-hydrogen) atoms. The summed E-state index contributed by atoms with van der Waals surface area (Å²) < 4.78 is 14.1. The van der Waals surface area contributed by atoms with Gasteiger partial charge in [0.2, 0.25) is 11.8 Å². The fourth-order valence-corrected chi connectivity index (χ4v) is 5.14. The lowest BCUT2D eigenvalue weighted by Crippen LogP contribution is -2.54. The fraction of sp³-hybridized carbons (Fsp3) is 0.704. The molecule has 2 saturated heterocycles. The Kier molecular flexibility index (Phi) is 10.5. The molecule has 0 N–H and O–H groups in total. The van der Waals surface area contributed by atoms with Crippen molar-refractivity contribution in [1.82, 2.24) is 9.80 Å². The van der Waals surface area contributed by atoms with Crippen molar-refractivity contribution in [2.75, 3.05) is 37.6 Å². The SMILES string of the molecule is CCCCCCCCCCCC(=O)N1CCCC1C(=O)N1CCN(c2ccccc2F)CC1. The molecule has 0 saturated carbocycles. The molecule has 2 amide bonds. The zero-order valence-electron chi connectivity index (χ0n) is 20.4. The zero-order chi connectivity index (χ0) is 23.5. The van der Waals surface area contributed by atoms with Crippen LogP contribution in [0.5, 0.6) is 0 Å². The van der Waals surface area contributed by atoms with E-state index < -0.39 is 0 Å². The van der Waals surface area contributed by atoms with E-state index in [1.54, 1.807) is 12.1 Å². The molecule has 2 heterocycles. The van der Waals surface area contributed by atoms with Crippen LogP contribution in [0.2, 0.25) is 0 Å². The van der Waals surface area contributed by atoms with Crippen molar-refractivity contribution in [1.29, 1.82) is 0 Å². The van der Waals surface area contributed by atoms with Gasteiger partial charge in [-0.05, 0) is 31.4 Å². The lowest BCUT2D eigenvalue weighted by Gasteiger charge is -2.38. The summed E-state index contributed by atoms with van der Waals surface area (Å²) in [5, 5.41) is 0. The maximum absolute atomic E-state index is 14.1. The predicted molar refractivity (Wildman–Crippen MR) is 132 cm³/mol. The van der Waals surface area contributed by atoms with Crippen LogP contribution in [0.4, 0.5) is 10.1 Å². The van der Waals surface area contributed by atoms with E-state index in [9.17, 15) is 14.0 Å². The van der Waals surface area contributed by atoms with Gasteiger partial charge in [0.05, 0.1) is 5.69 Å². The average molecular weight is 460 g/mol. The Balaban J connectivity index is 1.37. The van der Waals surface area contributed by atoms with Crippen molar-refractivity contribution in [3.05, 3.63) is 30.1 Å². The van der Waals surface area contributed by atoms with Crippen molar-refractivity contribution in [3.8, 4) is 0 Å². The number of hydrogen-bond acceptors (Lipinski definition) is 3. The summed E-state index contributed by atoms with van der Waals surface area (Å²) in [7, 11) is 0. The van der Waals surface area contributed by atoms with E-state index in [1.165, 1.54) is 51.0 Å². The molecular formula is C27H42FN3O2. The molecule has 1 atom stereocenters. The van der Waals surface area contributed by atoms with Crippen LogP contribution >= 0.6 is 0 Å². The Morgan fingerprint density at radius 1 is 0.879 bits per heavy atom. The normalized spacial score (nSPS) is 18.7. The first-order valence-corrected chi connectivity index (χ1v) is 13.2. The number of carbonyl (C=O) groups excluding carboxylic acids is 2. The molecule has 2 fully saturated rings. The molecule has 0 bridgehead atoms. The number of halogens is 1. The summed E-state index contributed by atoms with van der Waals surface area (Å²) in [6, 6.07) is 6.49. The summed E-state index contributed by atoms with van der Waals surface area (Å²) in [6.07, 6.45) is 13.3. The summed E-state index contributed by atoms with van der Waals surface area (Å²) in [4.78, 5) is 31.7. The topological polar surface area (TPSA) is 43.9 Å². The minimum absolute atomic E-state index is 0.0705.